The molecule has 1 aliphatic carbocycles. The molecule has 2 aromatic heterocycles. The van der Waals surface area contributed by atoms with Gasteiger partial charge in [-0.15, -0.1) is 0 Å². The van der Waals surface area contributed by atoms with Crippen molar-refractivity contribution < 1.29 is 19.7 Å². The van der Waals surface area contributed by atoms with Crippen molar-refractivity contribution in [1.82, 2.24) is 20.3 Å². The second kappa shape index (κ2) is 11.0. The summed E-state index contributed by atoms with van der Waals surface area (Å²) in [5.74, 6) is 2.05. The molecule has 170 valence electrons. The second-order valence-corrected chi connectivity index (χ2v) is 8.33. The Morgan fingerprint density at radius 2 is 1.94 bits per heavy atom. The highest BCUT2D eigenvalue weighted by atomic mass is 16.5. The first kappa shape index (κ1) is 24.5. The van der Waals surface area contributed by atoms with Crippen molar-refractivity contribution in [3.05, 3.63) is 29.6 Å². The number of methoxy groups -OCH3 is 1. The van der Waals surface area contributed by atoms with E-state index in [1.54, 1.807) is 19.4 Å². The van der Waals surface area contributed by atoms with Crippen LogP contribution in [0.5, 0.6) is 5.75 Å². The van der Waals surface area contributed by atoms with Gasteiger partial charge in [0.25, 0.3) is 0 Å². The number of aliphatic hydroxyl groups excluding tert-OH is 2. The molecule has 9 nitrogen and oxygen atoms in total. The van der Waals surface area contributed by atoms with Crippen LogP contribution in [-0.4, -0.2) is 70.5 Å². The Bertz CT molecular complexity index is 881. The number of nitrogens with zero attached hydrogens (tertiary/aromatic N) is 4. The molecule has 3 rings (SSSR count). The summed E-state index contributed by atoms with van der Waals surface area (Å²) in [4.78, 5) is 28.1. The summed E-state index contributed by atoms with van der Waals surface area (Å²) in [5, 5.41) is 18.2. The average molecular weight is 432 g/mol. The number of aliphatic hydroxyl groups is 2. The Balaban J connectivity index is 0.000000785. The minimum absolute atomic E-state index is 0.0311. The van der Waals surface area contributed by atoms with Gasteiger partial charge in [0.15, 0.2) is 5.82 Å². The van der Waals surface area contributed by atoms with E-state index in [2.05, 4.69) is 10.3 Å². The first-order valence-electron chi connectivity index (χ1n) is 10.3. The SMILES string of the molecule is COc1ccnc(-c2nc3c(c(N(C)CC(=O)NC(C)(C)C)n2)CCC3)c1.OCCO. The molecule has 0 fully saturated rings. The van der Waals surface area contributed by atoms with Gasteiger partial charge in [-0.2, -0.15) is 0 Å². The molecule has 0 atom stereocenters. The molecule has 0 aliphatic heterocycles. The lowest BCUT2D eigenvalue weighted by Crippen LogP contribution is -2.45. The Morgan fingerprint density at radius 1 is 1.23 bits per heavy atom. The predicted octanol–water partition coefficient (Wildman–Crippen LogP) is 1.36. The van der Waals surface area contributed by atoms with E-state index < -0.39 is 0 Å². The largest absolute Gasteiger partial charge is 0.497 e. The van der Waals surface area contributed by atoms with Gasteiger partial charge in [0.2, 0.25) is 5.91 Å². The second-order valence-electron chi connectivity index (χ2n) is 8.33. The maximum atomic E-state index is 12.4. The fraction of sp³-hybridized carbons (Fsp3) is 0.545. The van der Waals surface area contributed by atoms with Crippen LogP contribution in [0.3, 0.4) is 0 Å². The lowest BCUT2D eigenvalue weighted by atomic mass is 10.1. The van der Waals surface area contributed by atoms with Crippen molar-refractivity contribution in [3.63, 3.8) is 0 Å². The molecule has 0 saturated heterocycles. The number of amides is 1. The fourth-order valence-corrected chi connectivity index (χ4v) is 3.25. The molecule has 0 spiro atoms. The summed E-state index contributed by atoms with van der Waals surface area (Å²) >= 11 is 0. The quantitative estimate of drug-likeness (QED) is 0.627. The standard InChI is InChI=1S/C20H27N5O2.C2H6O2/c1-20(2,3)24-17(26)12-25(4)19-14-7-6-8-15(14)22-18(23-19)16-11-13(27-5)9-10-21-16;3-1-2-4/h9-11H,6-8,12H2,1-5H3,(H,24,26);3-4H,1-2H2. The fourth-order valence-electron chi connectivity index (χ4n) is 3.25. The number of carbonyl (C=O) groups is 1. The van der Waals surface area contributed by atoms with Crippen LogP contribution in [0.15, 0.2) is 18.3 Å². The number of aryl methyl sites for hydroxylation is 1. The molecule has 3 N–H and O–H groups in total. The van der Waals surface area contributed by atoms with Gasteiger partial charge >= 0.3 is 0 Å². The molecule has 2 heterocycles. The van der Waals surface area contributed by atoms with Gasteiger partial charge in [0.1, 0.15) is 17.3 Å². The van der Waals surface area contributed by atoms with Gasteiger partial charge in [-0.05, 0) is 46.1 Å². The molecular formula is C22H33N5O4. The van der Waals surface area contributed by atoms with Crippen LogP contribution in [0.2, 0.25) is 0 Å². The van der Waals surface area contributed by atoms with Gasteiger partial charge < -0.3 is 25.2 Å². The van der Waals surface area contributed by atoms with Gasteiger partial charge in [0, 0.05) is 36.1 Å². The van der Waals surface area contributed by atoms with E-state index in [0.29, 0.717) is 17.3 Å². The van der Waals surface area contributed by atoms with Gasteiger partial charge in [-0.25, -0.2) is 9.97 Å². The van der Waals surface area contributed by atoms with Crippen LogP contribution >= 0.6 is 0 Å². The molecule has 0 aromatic carbocycles. The molecule has 9 heteroatoms. The van der Waals surface area contributed by atoms with Crippen LogP contribution in [0.4, 0.5) is 5.82 Å². The lowest BCUT2D eigenvalue weighted by Gasteiger charge is -2.25. The third kappa shape index (κ3) is 7.15. The maximum absolute atomic E-state index is 12.4. The molecule has 31 heavy (non-hydrogen) atoms. The smallest absolute Gasteiger partial charge is 0.239 e. The zero-order chi connectivity index (χ0) is 23.0. The number of likely N-dealkylation sites (N-methyl/N-ethyl adjacent to an activating group) is 1. The maximum Gasteiger partial charge on any atom is 0.239 e. The Labute approximate surface area is 183 Å². The van der Waals surface area contributed by atoms with Crippen LogP contribution in [-0.2, 0) is 17.6 Å². The molecule has 2 aromatic rings. The summed E-state index contributed by atoms with van der Waals surface area (Å²) in [6.45, 7) is 5.91. The summed E-state index contributed by atoms with van der Waals surface area (Å²) in [7, 11) is 3.52. The van der Waals surface area contributed by atoms with E-state index in [1.165, 1.54) is 0 Å². The number of carbonyl (C=O) groups excluding carboxylic acids is 1. The minimum Gasteiger partial charge on any atom is -0.497 e. The lowest BCUT2D eigenvalue weighted by molar-refractivity contribution is -0.121. The monoisotopic (exact) mass is 431 g/mol. The summed E-state index contributed by atoms with van der Waals surface area (Å²) in [6.07, 6.45) is 4.59. The zero-order valence-corrected chi connectivity index (χ0v) is 19.0. The molecular weight excluding hydrogens is 398 g/mol. The third-order valence-corrected chi connectivity index (χ3v) is 4.46. The van der Waals surface area contributed by atoms with E-state index in [4.69, 9.17) is 24.9 Å². The van der Waals surface area contributed by atoms with Crippen LogP contribution in [0.25, 0.3) is 11.5 Å². The number of nitrogens with one attached hydrogen (secondary N) is 1. The number of hydrogen-bond acceptors (Lipinski definition) is 8. The van der Waals surface area contributed by atoms with Gasteiger partial charge in [-0.1, -0.05) is 0 Å². The number of rotatable bonds is 6. The van der Waals surface area contributed by atoms with Crippen molar-refractivity contribution in [2.45, 2.75) is 45.6 Å². The Hall–Kier alpha value is -2.78. The summed E-state index contributed by atoms with van der Waals surface area (Å²) < 4.78 is 5.29. The number of hydrogen-bond donors (Lipinski definition) is 3. The Kier molecular flexibility index (Phi) is 8.70. The van der Waals surface area contributed by atoms with E-state index in [1.807, 2.05) is 38.8 Å². The highest BCUT2D eigenvalue weighted by molar-refractivity contribution is 5.82. The van der Waals surface area contributed by atoms with E-state index in [9.17, 15) is 4.79 Å². The minimum atomic E-state index is -0.263. The zero-order valence-electron chi connectivity index (χ0n) is 19.0. The topological polar surface area (TPSA) is 121 Å². The molecule has 1 amide bonds. The van der Waals surface area contributed by atoms with Gasteiger partial charge in [-0.3, -0.25) is 9.78 Å². The highest BCUT2D eigenvalue weighted by Gasteiger charge is 2.24. The number of ether oxygens (including phenoxy) is 1. The first-order chi connectivity index (χ1) is 14.7. The van der Waals surface area contributed by atoms with E-state index in [-0.39, 0.29) is 31.2 Å². The average Bonchev–Trinajstić information content (AvgIpc) is 3.20. The summed E-state index contributed by atoms with van der Waals surface area (Å²) in [5.41, 5.74) is 2.58. The van der Waals surface area contributed by atoms with Crippen LogP contribution in [0, 0.1) is 0 Å². The first-order valence-corrected chi connectivity index (χ1v) is 10.3. The normalized spacial score (nSPS) is 12.5. The Morgan fingerprint density at radius 3 is 2.55 bits per heavy atom. The number of anilines is 1. The van der Waals surface area contributed by atoms with Crippen molar-refractivity contribution in [2.75, 3.05) is 38.8 Å². The number of aromatic nitrogens is 3. The van der Waals surface area contributed by atoms with Crippen LogP contribution in [0.1, 0.15) is 38.4 Å². The third-order valence-electron chi connectivity index (χ3n) is 4.46. The number of fused-ring (bicyclic) bond motifs is 1. The predicted molar refractivity (Wildman–Crippen MR) is 119 cm³/mol. The van der Waals surface area contributed by atoms with Gasteiger partial charge in [0.05, 0.1) is 26.9 Å². The van der Waals surface area contributed by atoms with Crippen LogP contribution < -0.4 is 15.0 Å². The van der Waals surface area contributed by atoms with Crippen molar-refractivity contribution in [2.24, 2.45) is 0 Å². The van der Waals surface area contributed by atoms with Crippen molar-refractivity contribution in [1.29, 1.82) is 0 Å². The summed E-state index contributed by atoms with van der Waals surface area (Å²) in [6, 6.07) is 3.62. The highest BCUT2D eigenvalue weighted by Crippen LogP contribution is 2.31. The van der Waals surface area contributed by atoms with E-state index >= 15 is 0 Å². The molecule has 1 aliphatic rings. The molecule has 0 unspecified atom stereocenters. The van der Waals surface area contributed by atoms with Crippen molar-refractivity contribution in [3.8, 4) is 17.3 Å². The molecule has 0 radical (unpaired) electrons. The number of pyridine rings is 1. The van der Waals surface area contributed by atoms with Crippen molar-refractivity contribution >= 4 is 11.7 Å². The molecule has 0 bridgehead atoms. The van der Waals surface area contributed by atoms with E-state index in [0.717, 1.165) is 36.3 Å². The molecule has 0 saturated carbocycles.